The van der Waals surface area contributed by atoms with Crippen molar-refractivity contribution in [2.75, 3.05) is 5.73 Å². The Balaban J connectivity index is 1.99. The lowest BCUT2D eigenvalue weighted by Gasteiger charge is -2.09. The number of alkyl halides is 2. The Hall–Kier alpha value is -2.64. The second kappa shape index (κ2) is 5.04. The molecule has 8 heteroatoms. The number of nitrogens with zero attached hydrogens (tertiary/aromatic N) is 3. The highest BCUT2D eigenvalue weighted by Gasteiger charge is 2.23. The van der Waals surface area contributed by atoms with Crippen molar-refractivity contribution in [3.63, 3.8) is 0 Å². The van der Waals surface area contributed by atoms with Gasteiger partial charge in [0.1, 0.15) is 12.1 Å². The smallest absolute Gasteiger partial charge is 0.387 e. The molecule has 5 nitrogen and oxygen atoms in total. The Kier molecular flexibility index (Phi) is 3.20. The molecule has 0 spiro atoms. The zero-order valence-corrected chi connectivity index (χ0v) is 10.6. The lowest BCUT2D eigenvalue weighted by molar-refractivity contribution is -0.0521. The van der Waals surface area contributed by atoms with E-state index < -0.39 is 18.2 Å². The zero-order chi connectivity index (χ0) is 15.0. The molecule has 0 aliphatic carbocycles. The topological polar surface area (TPSA) is 73.4 Å². The van der Waals surface area contributed by atoms with Crippen molar-refractivity contribution in [2.45, 2.75) is 13.2 Å². The Morgan fingerprint density at radius 1 is 1.24 bits per heavy atom. The molecule has 1 aromatic heterocycles. The lowest BCUT2D eigenvalue weighted by atomic mass is 10.0. The third-order valence-electron chi connectivity index (χ3n) is 3.00. The maximum atomic E-state index is 13.8. The summed E-state index contributed by atoms with van der Waals surface area (Å²) in [6.07, 6.45) is 1.33. The van der Waals surface area contributed by atoms with E-state index in [0.29, 0.717) is 29.1 Å². The third-order valence-corrected chi connectivity index (χ3v) is 3.00. The van der Waals surface area contributed by atoms with E-state index in [2.05, 4.69) is 19.7 Å². The van der Waals surface area contributed by atoms with Crippen LogP contribution in [0, 0.1) is 5.82 Å². The second-order valence-corrected chi connectivity index (χ2v) is 4.27. The van der Waals surface area contributed by atoms with Crippen LogP contribution < -0.4 is 10.5 Å². The highest BCUT2D eigenvalue weighted by molar-refractivity contribution is 6.17. The number of aliphatic imine (C=N–C) groups is 1. The maximum absolute atomic E-state index is 13.8. The molecule has 3 rings (SSSR count). The third kappa shape index (κ3) is 2.39. The van der Waals surface area contributed by atoms with Gasteiger partial charge in [0.05, 0.1) is 23.5 Å². The number of aromatic nitrogens is 2. The fourth-order valence-corrected chi connectivity index (χ4v) is 2.12. The molecule has 0 fully saturated rings. The molecule has 0 saturated carbocycles. The van der Waals surface area contributed by atoms with E-state index in [4.69, 9.17) is 5.73 Å². The van der Waals surface area contributed by atoms with Crippen LogP contribution >= 0.6 is 0 Å². The van der Waals surface area contributed by atoms with Crippen molar-refractivity contribution in [3.05, 3.63) is 47.2 Å². The average molecular weight is 294 g/mol. The molecule has 108 valence electrons. The van der Waals surface area contributed by atoms with Crippen LogP contribution in [0.4, 0.5) is 19.0 Å². The van der Waals surface area contributed by atoms with E-state index in [1.54, 1.807) is 0 Å². The summed E-state index contributed by atoms with van der Waals surface area (Å²) in [6, 6.07) is 3.62. The summed E-state index contributed by atoms with van der Waals surface area (Å²) in [4.78, 5) is 12.2. The summed E-state index contributed by atoms with van der Waals surface area (Å²) >= 11 is 0. The molecule has 1 aliphatic heterocycles. The molecule has 2 heterocycles. The van der Waals surface area contributed by atoms with E-state index in [1.807, 2.05) is 0 Å². The van der Waals surface area contributed by atoms with E-state index >= 15 is 0 Å². The molecule has 0 atom stereocenters. The molecule has 1 aromatic carbocycles. The first-order valence-corrected chi connectivity index (χ1v) is 5.95. The van der Waals surface area contributed by atoms with Crippen molar-refractivity contribution < 1.29 is 17.9 Å². The largest absolute Gasteiger partial charge is 0.432 e. The molecule has 0 unspecified atom stereocenters. The molecular weight excluding hydrogens is 285 g/mol. The van der Waals surface area contributed by atoms with Crippen molar-refractivity contribution in [1.29, 1.82) is 0 Å². The predicted octanol–water partition coefficient (Wildman–Crippen LogP) is 2.15. The molecule has 21 heavy (non-hydrogen) atoms. The summed E-state index contributed by atoms with van der Waals surface area (Å²) in [6.45, 7) is -2.77. The number of anilines is 1. The highest BCUT2D eigenvalue weighted by Crippen LogP contribution is 2.27. The number of fused-ring (bicyclic) bond motifs is 1. The lowest BCUT2D eigenvalue weighted by Crippen LogP contribution is -2.09. The average Bonchev–Trinajstić information content (AvgIpc) is 2.86. The van der Waals surface area contributed by atoms with Gasteiger partial charge in [-0.1, -0.05) is 0 Å². The van der Waals surface area contributed by atoms with E-state index in [1.165, 1.54) is 12.4 Å². The van der Waals surface area contributed by atoms with Crippen LogP contribution in [-0.4, -0.2) is 22.3 Å². The Bertz CT molecular complexity index is 733. The number of halogens is 3. The van der Waals surface area contributed by atoms with Crippen LogP contribution in [0.3, 0.4) is 0 Å². The fraction of sp³-hybridized carbons (Fsp3) is 0.154. The standard InChI is InChI=1S/C13H9F3N4O/c14-7-3-6(1-2-9(7)21-13(15)16)11-10-8(4-18-11)19-5-20-12(10)17/h1-3,5,13H,4H2,(H2,17,19,20). The normalized spacial score (nSPS) is 13.2. The SMILES string of the molecule is Nc1ncnc2c1C(c1ccc(OC(F)F)c(F)c1)=NC2. The zero-order valence-electron chi connectivity index (χ0n) is 10.6. The van der Waals surface area contributed by atoms with Gasteiger partial charge in [0, 0.05) is 5.56 Å². The Morgan fingerprint density at radius 3 is 2.76 bits per heavy atom. The molecule has 2 N–H and O–H groups in total. The van der Waals surface area contributed by atoms with Gasteiger partial charge in [0.15, 0.2) is 11.6 Å². The summed E-state index contributed by atoms with van der Waals surface area (Å²) in [5.41, 5.74) is 7.80. The van der Waals surface area contributed by atoms with Gasteiger partial charge in [0.2, 0.25) is 0 Å². The number of nitrogen functional groups attached to an aromatic ring is 1. The van der Waals surface area contributed by atoms with Crippen LogP contribution in [-0.2, 0) is 6.54 Å². The van der Waals surface area contributed by atoms with Crippen molar-refractivity contribution in [1.82, 2.24) is 9.97 Å². The first kappa shape index (κ1) is 13.3. The summed E-state index contributed by atoms with van der Waals surface area (Å²) in [5.74, 6) is -1.19. The van der Waals surface area contributed by atoms with Gasteiger partial charge >= 0.3 is 6.61 Å². The van der Waals surface area contributed by atoms with Crippen molar-refractivity contribution >= 4 is 11.5 Å². The monoisotopic (exact) mass is 294 g/mol. The van der Waals surface area contributed by atoms with Crippen LogP contribution in [0.1, 0.15) is 16.8 Å². The minimum Gasteiger partial charge on any atom is -0.432 e. The molecule has 1 aliphatic rings. The highest BCUT2D eigenvalue weighted by atomic mass is 19.3. The number of nitrogens with two attached hydrogens (primary N) is 1. The van der Waals surface area contributed by atoms with Gasteiger partial charge in [-0.15, -0.1) is 0 Å². The van der Waals surface area contributed by atoms with E-state index in [0.717, 1.165) is 12.1 Å². The fourth-order valence-electron chi connectivity index (χ4n) is 2.12. The van der Waals surface area contributed by atoms with Crippen LogP contribution in [0.5, 0.6) is 5.75 Å². The van der Waals surface area contributed by atoms with Crippen LogP contribution in [0.15, 0.2) is 29.5 Å². The molecule has 0 bridgehead atoms. The van der Waals surface area contributed by atoms with Gasteiger partial charge < -0.3 is 10.5 Å². The number of benzene rings is 1. The van der Waals surface area contributed by atoms with Crippen molar-refractivity contribution in [2.24, 2.45) is 4.99 Å². The van der Waals surface area contributed by atoms with Gasteiger partial charge in [-0.05, 0) is 18.2 Å². The predicted molar refractivity (Wildman–Crippen MR) is 68.8 cm³/mol. The number of rotatable bonds is 3. The molecule has 0 amide bonds. The summed E-state index contributed by atoms with van der Waals surface area (Å²) < 4.78 is 42.0. The molecule has 2 aromatic rings. The number of ether oxygens (including phenoxy) is 1. The van der Waals surface area contributed by atoms with Crippen LogP contribution in [0.2, 0.25) is 0 Å². The Morgan fingerprint density at radius 2 is 2.05 bits per heavy atom. The van der Waals surface area contributed by atoms with Crippen LogP contribution in [0.25, 0.3) is 0 Å². The number of hydrogen-bond acceptors (Lipinski definition) is 5. The van der Waals surface area contributed by atoms with Crippen molar-refractivity contribution in [3.8, 4) is 5.75 Å². The van der Waals surface area contributed by atoms with Gasteiger partial charge in [-0.2, -0.15) is 8.78 Å². The quantitative estimate of drug-likeness (QED) is 0.941. The van der Waals surface area contributed by atoms with Gasteiger partial charge in [-0.3, -0.25) is 4.99 Å². The van der Waals surface area contributed by atoms with E-state index in [9.17, 15) is 13.2 Å². The first-order valence-electron chi connectivity index (χ1n) is 5.95. The second-order valence-electron chi connectivity index (χ2n) is 4.27. The Labute approximate surface area is 117 Å². The summed E-state index contributed by atoms with van der Waals surface area (Å²) in [5, 5.41) is 0. The van der Waals surface area contributed by atoms with Gasteiger partial charge in [-0.25, -0.2) is 14.4 Å². The minimum absolute atomic E-state index is 0.240. The van der Waals surface area contributed by atoms with E-state index in [-0.39, 0.29) is 5.82 Å². The first-order chi connectivity index (χ1) is 10.1. The summed E-state index contributed by atoms with van der Waals surface area (Å²) in [7, 11) is 0. The number of hydrogen-bond donors (Lipinski definition) is 1. The minimum atomic E-state index is -3.08. The molecule has 0 radical (unpaired) electrons. The molecular formula is C13H9F3N4O. The van der Waals surface area contributed by atoms with Gasteiger partial charge in [0.25, 0.3) is 0 Å². The maximum Gasteiger partial charge on any atom is 0.387 e. The molecule has 0 saturated heterocycles.